The van der Waals surface area contributed by atoms with Gasteiger partial charge in [0.2, 0.25) is 5.91 Å². The van der Waals surface area contributed by atoms with E-state index in [2.05, 4.69) is 15.7 Å². The van der Waals surface area contributed by atoms with Gasteiger partial charge in [0.15, 0.2) is 11.6 Å². The third kappa shape index (κ3) is 4.49. The molecule has 1 amide bonds. The summed E-state index contributed by atoms with van der Waals surface area (Å²) in [4.78, 5) is 12.4. The molecular weight excluding hydrogens is 347 g/mol. The fourth-order valence-electron chi connectivity index (χ4n) is 2.60. The van der Waals surface area contributed by atoms with Crippen LogP contribution in [0.3, 0.4) is 0 Å². The van der Waals surface area contributed by atoms with Crippen molar-refractivity contribution in [3.05, 3.63) is 42.0 Å². The second kappa shape index (κ2) is 8.31. The highest BCUT2D eigenvalue weighted by molar-refractivity contribution is 5.95. The summed E-state index contributed by atoms with van der Waals surface area (Å²) >= 11 is 0. The Kier molecular flexibility index (Phi) is 6.39. The standard InChI is InChI=1S/C17H21FN4O2.ClH/c1-19-16(11-9-20-22(2)10-11)17(23)21-12-6-7-15(14(18)8-12)24-13-4-3-5-13;/h6-10,13,16,19H,3-5H2,1-2H3,(H,21,23);1H. The van der Waals surface area contributed by atoms with Crippen LogP contribution < -0.4 is 15.4 Å². The number of aromatic nitrogens is 2. The van der Waals surface area contributed by atoms with Gasteiger partial charge in [0.25, 0.3) is 0 Å². The van der Waals surface area contributed by atoms with Gasteiger partial charge < -0.3 is 15.4 Å². The van der Waals surface area contributed by atoms with Gasteiger partial charge in [0, 0.05) is 30.6 Å². The molecule has 3 rings (SSSR count). The van der Waals surface area contributed by atoms with E-state index in [-0.39, 0.29) is 30.2 Å². The van der Waals surface area contributed by atoms with E-state index in [1.807, 2.05) is 0 Å². The maximum absolute atomic E-state index is 14.1. The number of anilines is 1. The van der Waals surface area contributed by atoms with Crippen LogP contribution in [0.5, 0.6) is 5.75 Å². The smallest absolute Gasteiger partial charge is 0.246 e. The molecule has 0 aliphatic heterocycles. The number of halogens is 2. The first-order chi connectivity index (χ1) is 11.6. The van der Waals surface area contributed by atoms with Crippen molar-refractivity contribution in [2.45, 2.75) is 31.4 Å². The van der Waals surface area contributed by atoms with Gasteiger partial charge in [-0.25, -0.2) is 4.39 Å². The molecule has 1 saturated carbocycles. The van der Waals surface area contributed by atoms with Crippen LogP contribution in [0.2, 0.25) is 0 Å². The van der Waals surface area contributed by atoms with Gasteiger partial charge in [-0.1, -0.05) is 0 Å². The Morgan fingerprint density at radius 1 is 1.44 bits per heavy atom. The van der Waals surface area contributed by atoms with E-state index in [1.54, 1.807) is 43.3 Å². The number of rotatable bonds is 6. The van der Waals surface area contributed by atoms with Crippen molar-refractivity contribution < 1.29 is 13.9 Å². The first-order valence-corrected chi connectivity index (χ1v) is 7.99. The summed E-state index contributed by atoms with van der Waals surface area (Å²) < 4.78 is 21.3. The van der Waals surface area contributed by atoms with E-state index in [9.17, 15) is 9.18 Å². The average molecular weight is 369 g/mol. The van der Waals surface area contributed by atoms with Gasteiger partial charge in [-0.05, 0) is 38.4 Å². The number of hydrogen-bond donors (Lipinski definition) is 2. The first-order valence-electron chi connectivity index (χ1n) is 7.99. The van der Waals surface area contributed by atoms with Gasteiger partial charge >= 0.3 is 0 Å². The fourth-order valence-corrected chi connectivity index (χ4v) is 2.60. The maximum atomic E-state index is 14.1. The fraction of sp³-hybridized carbons (Fsp3) is 0.412. The number of nitrogens with zero attached hydrogens (tertiary/aromatic N) is 2. The van der Waals surface area contributed by atoms with Crippen molar-refractivity contribution in [1.82, 2.24) is 15.1 Å². The SMILES string of the molecule is CNC(C(=O)Nc1ccc(OC2CCC2)c(F)c1)c1cnn(C)c1.Cl. The molecule has 1 atom stereocenters. The predicted molar refractivity (Wildman–Crippen MR) is 95.6 cm³/mol. The highest BCUT2D eigenvalue weighted by atomic mass is 35.5. The van der Waals surface area contributed by atoms with Crippen molar-refractivity contribution in [2.75, 3.05) is 12.4 Å². The monoisotopic (exact) mass is 368 g/mol. The summed E-state index contributed by atoms with van der Waals surface area (Å²) in [6.45, 7) is 0. The number of likely N-dealkylation sites (N-methyl/N-ethyl adjacent to an activating group) is 1. The molecule has 1 aliphatic carbocycles. The summed E-state index contributed by atoms with van der Waals surface area (Å²) in [6.07, 6.45) is 6.55. The molecule has 1 fully saturated rings. The van der Waals surface area contributed by atoms with Gasteiger partial charge in [0.05, 0.1) is 12.3 Å². The van der Waals surface area contributed by atoms with Crippen LogP contribution >= 0.6 is 12.4 Å². The Balaban J connectivity index is 0.00000225. The number of ether oxygens (including phenoxy) is 1. The quantitative estimate of drug-likeness (QED) is 0.822. The Hall–Kier alpha value is -2.12. The van der Waals surface area contributed by atoms with Crippen LogP contribution in [-0.2, 0) is 11.8 Å². The molecule has 2 aromatic rings. The molecule has 0 bridgehead atoms. The number of hydrogen-bond acceptors (Lipinski definition) is 4. The third-order valence-electron chi connectivity index (χ3n) is 4.15. The summed E-state index contributed by atoms with van der Waals surface area (Å²) in [6, 6.07) is 3.92. The van der Waals surface area contributed by atoms with Crippen molar-refractivity contribution >= 4 is 24.0 Å². The minimum Gasteiger partial charge on any atom is -0.487 e. The highest BCUT2D eigenvalue weighted by Crippen LogP contribution is 2.28. The number of carbonyl (C=O) groups excluding carboxylic acids is 1. The van der Waals surface area contributed by atoms with Crippen molar-refractivity contribution in [3.63, 3.8) is 0 Å². The normalized spacial score (nSPS) is 15.0. The Labute approximate surface area is 152 Å². The maximum Gasteiger partial charge on any atom is 0.246 e. The van der Waals surface area contributed by atoms with Crippen molar-refractivity contribution in [2.24, 2.45) is 7.05 Å². The van der Waals surface area contributed by atoms with Crippen molar-refractivity contribution in [3.8, 4) is 5.75 Å². The van der Waals surface area contributed by atoms with Gasteiger partial charge in [-0.2, -0.15) is 5.10 Å². The van der Waals surface area contributed by atoms with E-state index < -0.39 is 11.9 Å². The van der Waals surface area contributed by atoms with Crippen LogP contribution in [0, 0.1) is 5.82 Å². The van der Waals surface area contributed by atoms with Crippen LogP contribution in [0.25, 0.3) is 0 Å². The molecule has 1 aromatic heterocycles. The number of nitrogens with one attached hydrogen (secondary N) is 2. The van der Waals surface area contributed by atoms with E-state index >= 15 is 0 Å². The zero-order valence-corrected chi connectivity index (χ0v) is 15.0. The minimum absolute atomic E-state index is 0. The molecule has 0 saturated heterocycles. The van der Waals surface area contributed by atoms with Gasteiger partial charge in [-0.3, -0.25) is 9.48 Å². The lowest BCUT2D eigenvalue weighted by Gasteiger charge is -2.26. The summed E-state index contributed by atoms with van der Waals surface area (Å²) in [5, 5.41) is 9.71. The Morgan fingerprint density at radius 2 is 2.20 bits per heavy atom. The molecule has 136 valence electrons. The average Bonchev–Trinajstić information content (AvgIpc) is 2.91. The largest absolute Gasteiger partial charge is 0.487 e. The number of carbonyl (C=O) groups is 1. The second-order valence-corrected chi connectivity index (χ2v) is 5.97. The van der Waals surface area contributed by atoms with Gasteiger partial charge in [0.1, 0.15) is 6.04 Å². The van der Waals surface area contributed by atoms with E-state index in [4.69, 9.17) is 4.74 Å². The predicted octanol–water partition coefficient (Wildman–Crippen LogP) is 2.81. The molecule has 8 heteroatoms. The lowest BCUT2D eigenvalue weighted by molar-refractivity contribution is -0.118. The second-order valence-electron chi connectivity index (χ2n) is 5.97. The molecule has 0 radical (unpaired) electrons. The molecule has 1 heterocycles. The summed E-state index contributed by atoms with van der Waals surface area (Å²) in [5.74, 6) is -0.519. The van der Waals surface area contributed by atoms with Crippen LogP contribution in [0.15, 0.2) is 30.6 Å². The third-order valence-corrected chi connectivity index (χ3v) is 4.15. The lowest BCUT2D eigenvalue weighted by atomic mass is 9.96. The molecule has 25 heavy (non-hydrogen) atoms. The molecule has 0 spiro atoms. The molecular formula is C17H22ClFN4O2. The number of amides is 1. The van der Waals surface area contributed by atoms with Crippen LogP contribution in [0.1, 0.15) is 30.9 Å². The van der Waals surface area contributed by atoms with E-state index in [0.29, 0.717) is 5.69 Å². The zero-order valence-electron chi connectivity index (χ0n) is 14.2. The van der Waals surface area contributed by atoms with Crippen molar-refractivity contribution in [1.29, 1.82) is 0 Å². The van der Waals surface area contributed by atoms with Crippen LogP contribution in [0.4, 0.5) is 10.1 Å². The molecule has 1 aromatic carbocycles. The van der Waals surface area contributed by atoms with Crippen LogP contribution in [-0.4, -0.2) is 28.8 Å². The Bertz CT molecular complexity index is 733. The Morgan fingerprint density at radius 3 is 2.72 bits per heavy atom. The minimum atomic E-state index is -0.562. The summed E-state index contributed by atoms with van der Waals surface area (Å²) in [5.41, 5.74) is 1.13. The molecule has 1 aliphatic rings. The zero-order chi connectivity index (χ0) is 17.1. The lowest BCUT2D eigenvalue weighted by Crippen LogP contribution is -2.30. The first kappa shape index (κ1) is 19.2. The molecule has 1 unspecified atom stereocenters. The molecule has 2 N–H and O–H groups in total. The number of benzene rings is 1. The van der Waals surface area contributed by atoms with E-state index in [1.165, 1.54) is 6.07 Å². The summed E-state index contributed by atoms with van der Waals surface area (Å²) in [7, 11) is 3.47. The topological polar surface area (TPSA) is 68.2 Å². The molecule has 6 nitrogen and oxygen atoms in total. The highest BCUT2D eigenvalue weighted by Gasteiger charge is 2.22. The number of aryl methyl sites for hydroxylation is 1. The van der Waals surface area contributed by atoms with Gasteiger partial charge in [-0.15, -0.1) is 12.4 Å². The van der Waals surface area contributed by atoms with E-state index in [0.717, 1.165) is 24.8 Å².